The van der Waals surface area contributed by atoms with Crippen molar-refractivity contribution in [2.24, 2.45) is 0 Å². The molecule has 3 rings (SSSR count). The van der Waals surface area contributed by atoms with Crippen LogP contribution in [-0.4, -0.2) is 23.9 Å². The van der Waals surface area contributed by atoms with Crippen molar-refractivity contribution in [3.8, 4) is 6.07 Å². The Bertz CT molecular complexity index is 1050. The Morgan fingerprint density at radius 3 is 2.50 bits per heavy atom. The molecule has 154 valence electrons. The lowest BCUT2D eigenvalue weighted by Gasteiger charge is -2.30. The number of benzene rings is 2. The second-order valence-corrected chi connectivity index (χ2v) is 7.47. The van der Waals surface area contributed by atoms with Crippen LogP contribution in [0.3, 0.4) is 0 Å². The third-order valence-corrected chi connectivity index (χ3v) is 5.35. The predicted molar refractivity (Wildman–Crippen MR) is 117 cm³/mol. The minimum atomic E-state index is -0.545. The van der Waals surface area contributed by atoms with Gasteiger partial charge in [-0.2, -0.15) is 5.26 Å². The molecule has 1 fully saturated rings. The molecule has 0 atom stereocenters. The summed E-state index contributed by atoms with van der Waals surface area (Å²) in [6.45, 7) is 5.61. The van der Waals surface area contributed by atoms with E-state index in [-0.39, 0.29) is 11.3 Å². The topological polar surface area (TPSA) is 99.3 Å². The van der Waals surface area contributed by atoms with E-state index in [9.17, 15) is 20.2 Å². The van der Waals surface area contributed by atoms with E-state index in [1.165, 1.54) is 18.2 Å². The second kappa shape index (κ2) is 9.23. The molecule has 0 radical (unpaired) electrons. The summed E-state index contributed by atoms with van der Waals surface area (Å²) >= 11 is 0. The number of nitriles is 1. The molecule has 0 spiro atoms. The van der Waals surface area contributed by atoms with Crippen molar-refractivity contribution in [3.05, 3.63) is 68.8 Å². The van der Waals surface area contributed by atoms with Crippen LogP contribution in [0.4, 0.5) is 17.1 Å². The zero-order valence-corrected chi connectivity index (χ0v) is 17.1. The summed E-state index contributed by atoms with van der Waals surface area (Å²) in [6.07, 6.45) is 4.67. The monoisotopic (exact) mass is 404 g/mol. The molecule has 30 heavy (non-hydrogen) atoms. The fraction of sp³-hybridized carbons (Fsp3) is 0.304. The van der Waals surface area contributed by atoms with Gasteiger partial charge >= 0.3 is 0 Å². The van der Waals surface area contributed by atoms with Crippen molar-refractivity contribution in [2.75, 3.05) is 23.3 Å². The van der Waals surface area contributed by atoms with Crippen LogP contribution in [0.5, 0.6) is 0 Å². The van der Waals surface area contributed by atoms with Gasteiger partial charge in [-0.1, -0.05) is 6.07 Å². The minimum Gasteiger partial charge on any atom is -0.371 e. The highest BCUT2D eigenvalue weighted by molar-refractivity contribution is 6.10. The summed E-state index contributed by atoms with van der Waals surface area (Å²) in [7, 11) is 0. The molecule has 2 aromatic rings. The Kier molecular flexibility index (Phi) is 6.48. The Morgan fingerprint density at radius 1 is 1.13 bits per heavy atom. The van der Waals surface area contributed by atoms with Gasteiger partial charge in [0.15, 0.2) is 0 Å². The van der Waals surface area contributed by atoms with E-state index in [0.29, 0.717) is 11.3 Å². The lowest BCUT2D eigenvalue weighted by Crippen LogP contribution is -2.30. The van der Waals surface area contributed by atoms with E-state index in [1.54, 1.807) is 12.1 Å². The molecule has 0 unspecified atom stereocenters. The molecular weight excluding hydrogens is 380 g/mol. The van der Waals surface area contributed by atoms with E-state index in [0.717, 1.165) is 49.2 Å². The van der Waals surface area contributed by atoms with Gasteiger partial charge in [-0.3, -0.25) is 14.9 Å². The number of piperidine rings is 1. The van der Waals surface area contributed by atoms with E-state index in [1.807, 2.05) is 32.0 Å². The van der Waals surface area contributed by atoms with Crippen LogP contribution in [0.15, 0.2) is 42.0 Å². The van der Waals surface area contributed by atoms with E-state index < -0.39 is 10.8 Å². The first-order chi connectivity index (χ1) is 14.4. The van der Waals surface area contributed by atoms with Gasteiger partial charge in [-0.25, -0.2) is 0 Å². The Morgan fingerprint density at radius 2 is 1.87 bits per heavy atom. The third-order valence-electron chi connectivity index (χ3n) is 5.35. The summed E-state index contributed by atoms with van der Waals surface area (Å²) in [5.41, 5.74) is 3.85. The normalized spacial score (nSPS) is 14.2. The van der Waals surface area contributed by atoms with Gasteiger partial charge in [0.1, 0.15) is 11.6 Å². The SMILES string of the molecule is Cc1ccc(NC(=O)/C(C#N)=C/c2cc([N+](=O)[O-])ccc2N2CCCCC2)cc1C. The second-order valence-electron chi connectivity index (χ2n) is 7.47. The van der Waals surface area contributed by atoms with Crippen molar-refractivity contribution < 1.29 is 9.72 Å². The summed E-state index contributed by atoms with van der Waals surface area (Å²) in [5, 5.41) is 23.6. The zero-order valence-electron chi connectivity index (χ0n) is 17.1. The van der Waals surface area contributed by atoms with Crippen molar-refractivity contribution in [2.45, 2.75) is 33.1 Å². The number of carbonyl (C=O) groups excluding carboxylic acids is 1. The van der Waals surface area contributed by atoms with Crippen LogP contribution >= 0.6 is 0 Å². The molecule has 0 aliphatic carbocycles. The quantitative estimate of drug-likeness (QED) is 0.336. The molecule has 1 heterocycles. The number of nitro benzene ring substituents is 1. The van der Waals surface area contributed by atoms with Gasteiger partial charge in [-0.15, -0.1) is 0 Å². The first-order valence-electron chi connectivity index (χ1n) is 9.93. The number of hydrogen-bond acceptors (Lipinski definition) is 5. The van der Waals surface area contributed by atoms with Gasteiger partial charge in [0, 0.05) is 42.2 Å². The summed E-state index contributed by atoms with van der Waals surface area (Å²) in [6, 6.07) is 12.0. The highest BCUT2D eigenvalue weighted by atomic mass is 16.6. The van der Waals surface area contributed by atoms with E-state index in [4.69, 9.17) is 0 Å². The Labute approximate surface area is 175 Å². The molecule has 7 heteroatoms. The maximum atomic E-state index is 12.7. The molecule has 1 amide bonds. The van der Waals surface area contributed by atoms with Crippen LogP contribution in [0.2, 0.25) is 0 Å². The average Bonchev–Trinajstić information content (AvgIpc) is 2.75. The zero-order chi connectivity index (χ0) is 21.7. The predicted octanol–water partition coefficient (Wildman–Crippen LogP) is 4.75. The number of nitrogens with zero attached hydrogens (tertiary/aromatic N) is 3. The number of non-ortho nitro benzene ring substituents is 1. The van der Waals surface area contributed by atoms with Crippen LogP contribution in [0, 0.1) is 35.3 Å². The lowest BCUT2D eigenvalue weighted by atomic mass is 10.0. The van der Waals surface area contributed by atoms with Crippen molar-refractivity contribution in [1.29, 1.82) is 5.26 Å². The van der Waals surface area contributed by atoms with Crippen molar-refractivity contribution >= 4 is 29.0 Å². The first-order valence-corrected chi connectivity index (χ1v) is 9.93. The van der Waals surface area contributed by atoms with Crippen LogP contribution in [0.25, 0.3) is 6.08 Å². The van der Waals surface area contributed by atoms with Gasteiger partial charge in [0.05, 0.1) is 4.92 Å². The van der Waals surface area contributed by atoms with Crippen LogP contribution < -0.4 is 10.2 Å². The molecule has 1 N–H and O–H groups in total. The van der Waals surface area contributed by atoms with Crippen molar-refractivity contribution in [3.63, 3.8) is 0 Å². The molecule has 1 aliphatic rings. The largest absolute Gasteiger partial charge is 0.371 e. The maximum absolute atomic E-state index is 12.7. The lowest BCUT2D eigenvalue weighted by molar-refractivity contribution is -0.384. The van der Waals surface area contributed by atoms with Crippen molar-refractivity contribution in [1.82, 2.24) is 0 Å². The summed E-state index contributed by atoms with van der Waals surface area (Å²) in [4.78, 5) is 25.6. The number of amides is 1. The molecular formula is C23H24N4O3. The number of hydrogen-bond donors (Lipinski definition) is 1. The Hall–Kier alpha value is -3.66. The van der Waals surface area contributed by atoms with E-state index >= 15 is 0 Å². The standard InChI is InChI=1S/C23H24N4O3/c1-16-6-7-20(12-17(16)2)25-23(28)19(15-24)13-18-14-21(27(29)30)8-9-22(18)26-10-4-3-5-11-26/h6-9,12-14H,3-5,10-11H2,1-2H3,(H,25,28)/b19-13+. The number of aryl methyl sites for hydroxylation is 2. The molecule has 7 nitrogen and oxygen atoms in total. The van der Waals surface area contributed by atoms with Crippen LogP contribution in [0.1, 0.15) is 36.0 Å². The molecule has 1 saturated heterocycles. The van der Waals surface area contributed by atoms with Gasteiger partial charge in [0.2, 0.25) is 0 Å². The average molecular weight is 404 g/mol. The fourth-order valence-corrected chi connectivity index (χ4v) is 3.52. The molecule has 2 aromatic carbocycles. The van der Waals surface area contributed by atoms with Gasteiger partial charge in [-0.05, 0) is 68.5 Å². The van der Waals surface area contributed by atoms with E-state index in [2.05, 4.69) is 10.2 Å². The number of nitro groups is 1. The number of nitrogens with one attached hydrogen (secondary N) is 1. The first kappa shape index (κ1) is 21.1. The van der Waals surface area contributed by atoms with Gasteiger partial charge < -0.3 is 10.2 Å². The summed E-state index contributed by atoms with van der Waals surface area (Å²) in [5.74, 6) is -0.545. The smallest absolute Gasteiger partial charge is 0.270 e. The molecule has 1 aliphatic heterocycles. The number of anilines is 2. The molecule has 0 saturated carbocycles. The highest BCUT2D eigenvalue weighted by Gasteiger charge is 2.19. The molecule has 0 bridgehead atoms. The van der Waals surface area contributed by atoms with Gasteiger partial charge in [0.25, 0.3) is 11.6 Å². The summed E-state index contributed by atoms with van der Waals surface area (Å²) < 4.78 is 0. The number of carbonyl (C=O) groups is 1. The number of rotatable bonds is 5. The van der Waals surface area contributed by atoms with Crippen LogP contribution in [-0.2, 0) is 4.79 Å². The molecule has 0 aromatic heterocycles. The third kappa shape index (κ3) is 4.84. The highest BCUT2D eigenvalue weighted by Crippen LogP contribution is 2.30. The maximum Gasteiger partial charge on any atom is 0.270 e. The Balaban J connectivity index is 1.95. The minimum absolute atomic E-state index is 0.0751. The fourth-order valence-electron chi connectivity index (χ4n) is 3.52.